The van der Waals surface area contributed by atoms with Crippen molar-refractivity contribution in [3.63, 3.8) is 0 Å². The quantitative estimate of drug-likeness (QED) is 0.864. The number of rotatable bonds is 5. The van der Waals surface area contributed by atoms with Crippen molar-refractivity contribution in [1.82, 2.24) is 0 Å². The first-order valence-electron chi connectivity index (χ1n) is 6.35. The molecule has 2 aromatic carbocycles. The van der Waals surface area contributed by atoms with Crippen molar-refractivity contribution in [3.8, 4) is 0 Å². The van der Waals surface area contributed by atoms with Crippen LogP contribution in [0.4, 0.5) is 0 Å². The van der Waals surface area contributed by atoms with Crippen molar-refractivity contribution in [2.24, 2.45) is 11.5 Å². The number of benzene rings is 2. The van der Waals surface area contributed by atoms with Crippen LogP contribution in [0.2, 0.25) is 0 Å². The molecule has 0 radical (unpaired) electrons. The molecule has 0 aliphatic heterocycles. The zero-order chi connectivity index (χ0) is 14.5. The summed E-state index contributed by atoms with van der Waals surface area (Å²) in [5.74, 6) is -0.882. The third-order valence-electron chi connectivity index (χ3n) is 3.23. The number of primary amides is 2. The molecule has 0 aliphatic rings. The molecule has 0 atom stereocenters. The molecule has 20 heavy (non-hydrogen) atoms. The van der Waals surface area contributed by atoms with Gasteiger partial charge in [-0.15, -0.1) is 0 Å². The normalized spacial score (nSPS) is 10.2. The van der Waals surface area contributed by atoms with E-state index in [1.165, 1.54) is 0 Å². The molecule has 102 valence electrons. The fourth-order valence-corrected chi connectivity index (χ4v) is 2.23. The van der Waals surface area contributed by atoms with Crippen molar-refractivity contribution >= 4 is 11.8 Å². The van der Waals surface area contributed by atoms with Gasteiger partial charge in [0.2, 0.25) is 11.8 Å². The minimum atomic E-state index is -0.441. The first-order chi connectivity index (χ1) is 9.59. The molecule has 0 spiro atoms. The van der Waals surface area contributed by atoms with Crippen LogP contribution in [0.5, 0.6) is 0 Å². The van der Waals surface area contributed by atoms with E-state index in [1.54, 1.807) is 24.3 Å². The van der Waals surface area contributed by atoms with Crippen molar-refractivity contribution in [1.29, 1.82) is 0 Å². The summed E-state index contributed by atoms with van der Waals surface area (Å²) in [6.45, 7) is 0. The highest BCUT2D eigenvalue weighted by Crippen LogP contribution is 2.15. The number of nitrogens with two attached hydrogens (primary N) is 2. The number of amides is 2. The highest BCUT2D eigenvalue weighted by molar-refractivity contribution is 5.95. The molecule has 2 aromatic rings. The van der Waals surface area contributed by atoms with Crippen molar-refractivity contribution in [3.05, 3.63) is 70.8 Å². The lowest BCUT2D eigenvalue weighted by Gasteiger charge is -2.09. The molecule has 4 heteroatoms. The van der Waals surface area contributed by atoms with E-state index < -0.39 is 11.8 Å². The number of hydrogen-bond donors (Lipinski definition) is 2. The Balaban J connectivity index is 2.22. The fourth-order valence-electron chi connectivity index (χ4n) is 2.23. The van der Waals surface area contributed by atoms with E-state index in [2.05, 4.69) is 0 Å². The zero-order valence-corrected chi connectivity index (χ0v) is 11.0. The van der Waals surface area contributed by atoms with Crippen LogP contribution >= 0.6 is 0 Å². The number of aryl methyl sites for hydroxylation is 2. The predicted octanol–water partition coefficient (Wildman–Crippen LogP) is 1.67. The van der Waals surface area contributed by atoms with Crippen molar-refractivity contribution in [2.75, 3.05) is 0 Å². The van der Waals surface area contributed by atoms with Crippen LogP contribution in [-0.2, 0) is 12.8 Å². The third kappa shape index (κ3) is 3.03. The Morgan fingerprint density at radius 3 is 1.40 bits per heavy atom. The van der Waals surface area contributed by atoms with E-state index in [9.17, 15) is 9.59 Å². The van der Waals surface area contributed by atoms with Crippen LogP contribution in [0.3, 0.4) is 0 Å². The van der Waals surface area contributed by atoms with Crippen LogP contribution in [0.1, 0.15) is 31.8 Å². The molecule has 0 aliphatic carbocycles. The molecule has 0 aromatic heterocycles. The Kier molecular flexibility index (Phi) is 4.15. The van der Waals surface area contributed by atoms with Crippen molar-refractivity contribution < 1.29 is 9.59 Å². The molecular formula is C16H16N2O2. The van der Waals surface area contributed by atoms with E-state index >= 15 is 0 Å². The number of carbonyl (C=O) groups excluding carboxylic acids is 2. The Morgan fingerprint density at radius 1 is 0.700 bits per heavy atom. The second kappa shape index (κ2) is 6.02. The Hall–Kier alpha value is -2.62. The minimum absolute atomic E-state index is 0.441. The monoisotopic (exact) mass is 268 g/mol. The summed E-state index contributed by atoms with van der Waals surface area (Å²) in [6, 6.07) is 14.4. The SMILES string of the molecule is NC(=O)c1ccccc1CCc1ccccc1C(N)=O. The summed E-state index contributed by atoms with van der Waals surface area (Å²) in [5, 5.41) is 0. The molecule has 2 rings (SSSR count). The molecule has 4 N–H and O–H groups in total. The maximum Gasteiger partial charge on any atom is 0.248 e. The molecule has 0 saturated carbocycles. The van der Waals surface area contributed by atoms with E-state index in [0.717, 1.165) is 11.1 Å². The Bertz CT molecular complexity index is 593. The average Bonchev–Trinajstić information content (AvgIpc) is 2.45. The van der Waals surface area contributed by atoms with Gasteiger partial charge in [0.05, 0.1) is 0 Å². The Labute approximate surface area is 117 Å². The van der Waals surface area contributed by atoms with Gasteiger partial charge in [-0.25, -0.2) is 0 Å². The van der Waals surface area contributed by atoms with E-state index in [0.29, 0.717) is 24.0 Å². The van der Waals surface area contributed by atoms with E-state index in [4.69, 9.17) is 11.5 Å². The van der Waals surface area contributed by atoms with Crippen LogP contribution in [-0.4, -0.2) is 11.8 Å². The van der Waals surface area contributed by atoms with Gasteiger partial charge in [-0.05, 0) is 36.1 Å². The van der Waals surface area contributed by atoms with Gasteiger partial charge >= 0.3 is 0 Å². The number of hydrogen-bond acceptors (Lipinski definition) is 2. The van der Waals surface area contributed by atoms with Gasteiger partial charge in [0.25, 0.3) is 0 Å². The zero-order valence-electron chi connectivity index (χ0n) is 11.0. The maximum atomic E-state index is 11.4. The van der Waals surface area contributed by atoms with Gasteiger partial charge in [0.15, 0.2) is 0 Å². The van der Waals surface area contributed by atoms with Crippen LogP contribution in [0.25, 0.3) is 0 Å². The predicted molar refractivity (Wildman–Crippen MR) is 77.3 cm³/mol. The van der Waals surface area contributed by atoms with Crippen molar-refractivity contribution in [2.45, 2.75) is 12.8 Å². The summed E-state index contributed by atoms with van der Waals surface area (Å²) < 4.78 is 0. The average molecular weight is 268 g/mol. The molecule has 0 unspecified atom stereocenters. The minimum Gasteiger partial charge on any atom is -0.366 e. The molecule has 0 heterocycles. The van der Waals surface area contributed by atoms with Gasteiger partial charge in [-0.2, -0.15) is 0 Å². The van der Waals surface area contributed by atoms with Gasteiger partial charge in [-0.1, -0.05) is 36.4 Å². The van der Waals surface area contributed by atoms with E-state index in [-0.39, 0.29) is 0 Å². The van der Waals surface area contributed by atoms with Gasteiger partial charge in [0.1, 0.15) is 0 Å². The lowest BCUT2D eigenvalue weighted by Crippen LogP contribution is -2.15. The smallest absolute Gasteiger partial charge is 0.248 e. The van der Waals surface area contributed by atoms with Crippen LogP contribution in [0.15, 0.2) is 48.5 Å². The molecule has 0 saturated heterocycles. The summed E-state index contributed by atoms with van der Waals surface area (Å²) in [5.41, 5.74) is 13.5. The summed E-state index contributed by atoms with van der Waals surface area (Å²) in [6.07, 6.45) is 1.26. The lowest BCUT2D eigenvalue weighted by atomic mass is 9.96. The molecule has 2 amide bonds. The molecule has 0 bridgehead atoms. The maximum absolute atomic E-state index is 11.4. The largest absolute Gasteiger partial charge is 0.366 e. The summed E-state index contributed by atoms with van der Waals surface area (Å²) >= 11 is 0. The van der Waals surface area contributed by atoms with Gasteiger partial charge in [-0.3, -0.25) is 9.59 Å². The van der Waals surface area contributed by atoms with Gasteiger partial charge < -0.3 is 11.5 Å². The molecular weight excluding hydrogens is 252 g/mol. The fraction of sp³-hybridized carbons (Fsp3) is 0.125. The summed E-state index contributed by atoms with van der Waals surface area (Å²) in [4.78, 5) is 22.7. The first-order valence-corrected chi connectivity index (χ1v) is 6.35. The van der Waals surface area contributed by atoms with Crippen LogP contribution < -0.4 is 11.5 Å². The Morgan fingerprint density at radius 2 is 1.05 bits per heavy atom. The van der Waals surface area contributed by atoms with Gasteiger partial charge in [0, 0.05) is 11.1 Å². The highest BCUT2D eigenvalue weighted by Gasteiger charge is 2.10. The molecule has 0 fully saturated rings. The second-order valence-corrected chi connectivity index (χ2v) is 4.54. The van der Waals surface area contributed by atoms with E-state index in [1.807, 2.05) is 24.3 Å². The molecule has 4 nitrogen and oxygen atoms in total. The standard InChI is InChI=1S/C16H16N2O2/c17-15(19)13-7-3-1-5-11(13)9-10-12-6-2-4-8-14(12)16(18)20/h1-8H,9-10H2,(H2,17,19)(H2,18,20). The lowest BCUT2D eigenvalue weighted by molar-refractivity contribution is 0.0990. The summed E-state index contributed by atoms with van der Waals surface area (Å²) in [7, 11) is 0. The number of carbonyl (C=O) groups is 2. The topological polar surface area (TPSA) is 86.2 Å². The first kappa shape index (κ1) is 13.8. The van der Waals surface area contributed by atoms with Crippen LogP contribution in [0, 0.1) is 0 Å². The highest BCUT2D eigenvalue weighted by atomic mass is 16.1. The second-order valence-electron chi connectivity index (χ2n) is 4.54. The third-order valence-corrected chi connectivity index (χ3v) is 3.23.